The number of carbonyl (C=O) groups excluding carboxylic acids is 2. The molecular weight excluding hydrogens is 344 g/mol. The predicted molar refractivity (Wildman–Crippen MR) is 105 cm³/mol. The second-order valence-electron chi connectivity index (χ2n) is 7.28. The summed E-state index contributed by atoms with van der Waals surface area (Å²) in [6, 6.07) is 5.62. The molecule has 27 heavy (non-hydrogen) atoms. The van der Waals surface area contributed by atoms with E-state index in [9.17, 15) is 9.59 Å². The summed E-state index contributed by atoms with van der Waals surface area (Å²) in [5.41, 5.74) is 1.71. The van der Waals surface area contributed by atoms with Gasteiger partial charge in [-0.05, 0) is 44.1 Å². The zero-order valence-electron chi connectivity index (χ0n) is 16.3. The standard InChI is InChI=1S/C20H30N4O3/c1-3-23-9-11-24(12-10-23)8-4-7-21-19(25)14-18-20(26)22-16-13-15(2)5-6-17(16)27-18/h5-6,13,18H,3-4,7-12,14H2,1-2H3,(H,21,25)(H,22,26). The van der Waals surface area contributed by atoms with Gasteiger partial charge in [-0.25, -0.2) is 0 Å². The highest BCUT2D eigenvalue weighted by Crippen LogP contribution is 2.30. The number of fused-ring (bicyclic) bond motifs is 1. The number of nitrogens with one attached hydrogen (secondary N) is 2. The molecule has 0 saturated carbocycles. The van der Waals surface area contributed by atoms with Crippen molar-refractivity contribution < 1.29 is 14.3 Å². The van der Waals surface area contributed by atoms with Crippen molar-refractivity contribution >= 4 is 17.5 Å². The molecule has 1 aromatic carbocycles. The number of piperazine rings is 1. The van der Waals surface area contributed by atoms with Crippen LogP contribution in [0.15, 0.2) is 18.2 Å². The van der Waals surface area contributed by atoms with E-state index >= 15 is 0 Å². The van der Waals surface area contributed by atoms with Gasteiger partial charge in [0.1, 0.15) is 5.75 Å². The Morgan fingerprint density at radius 3 is 2.74 bits per heavy atom. The first-order valence-corrected chi connectivity index (χ1v) is 9.84. The smallest absolute Gasteiger partial charge is 0.266 e. The van der Waals surface area contributed by atoms with Gasteiger partial charge in [0.2, 0.25) is 5.91 Å². The van der Waals surface area contributed by atoms with Crippen LogP contribution in [0.5, 0.6) is 5.75 Å². The van der Waals surface area contributed by atoms with E-state index in [4.69, 9.17) is 4.74 Å². The molecule has 2 heterocycles. The highest BCUT2D eigenvalue weighted by Gasteiger charge is 2.29. The quantitative estimate of drug-likeness (QED) is 0.702. The minimum atomic E-state index is -0.776. The van der Waals surface area contributed by atoms with Gasteiger partial charge in [-0.1, -0.05) is 13.0 Å². The van der Waals surface area contributed by atoms with E-state index in [-0.39, 0.29) is 18.2 Å². The molecule has 1 aromatic rings. The minimum absolute atomic E-state index is 0.0360. The minimum Gasteiger partial charge on any atom is -0.478 e. The van der Waals surface area contributed by atoms with Crippen LogP contribution in [0.4, 0.5) is 5.69 Å². The first-order valence-electron chi connectivity index (χ1n) is 9.84. The Labute approximate surface area is 161 Å². The second kappa shape index (κ2) is 9.19. The van der Waals surface area contributed by atoms with Crippen molar-refractivity contribution in [2.24, 2.45) is 0 Å². The third-order valence-corrected chi connectivity index (χ3v) is 5.21. The maximum Gasteiger partial charge on any atom is 0.266 e. The number of nitrogens with zero attached hydrogens (tertiary/aromatic N) is 2. The number of rotatable bonds is 7. The molecule has 3 rings (SSSR count). The lowest BCUT2D eigenvalue weighted by molar-refractivity contribution is -0.130. The number of likely N-dealkylation sites (N-methyl/N-ethyl adjacent to an activating group) is 1. The van der Waals surface area contributed by atoms with Gasteiger partial charge in [0.15, 0.2) is 6.10 Å². The first kappa shape index (κ1) is 19.6. The summed E-state index contributed by atoms with van der Waals surface area (Å²) >= 11 is 0. The van der Waals surface area contributed by atoms with Crippen LogP contribution in [0.1, 0.15) is 25.3 Å². The van der Waals surface area contributed by atoms with E-state index in [0.717, 1.165) is 51.3 Å². The molecule has 0 spiro atoms. The molecule has 0 bridgehead atoms. The highest BCUT2D eigenvalue weighted by molar-refractivity contribution is 6.00. The van der Waals surface area contributed by atoms with E-state index in [1.54, 1.807) is 0 Å². The Kier molecular flexibility index (Phi) is 6.68. The maximum absolute atomic E-state index is 12.2. The molecule has 1 atom stereocenters. The molecule has 0 radical (unpaired) electrons. The Morgan fingerprint density at radius 2 is 2.00 bits per heavy atom. The molecule has 7 nitrogen and oxygen atoms in total. The lowest BCUT2D eigenvalue weighted by Gasteiger charge is -2.34. The predicted octanol–water partition coefficient (Wildman–Crippen LogP) is 1.23. The van der Waals surface area contributed by atoms with Crippen molar-refractivity contribution in [2.45, 2.75) is 32.8 Å². The van der Waals surface area contributed by atoms with E-state index in [2.05, 4.69) is 27.4 Å². The average Bonchev–Trinajstić information content (AvgIpc) is 2.66. The number of amides is 2. The fourth-order valence-corrected chi connectivity index (χ4v) is 3.50. The van der Waals surface area contributed by atoms with Crippen molar-refractivity contribution in [3.8, 4) is 5.75 Å². The summed E-state index contributed by atoms with van der Waals surface area (Å²) < 4.78 is 5.71. The van der Waals surface area contributed by atoms with Crippen molar-refractivity contribution in [1.82, 2.24) is 15.1 Å². The summed E-state index contributed by atoms with van der Waals surface area (Å²) in [5, 5.41) is 5.73. The van der Waals surface area contributed by atoms with Crippen LogP contribution in [0.25, 0.3) is 0 Å². The molecule has 2 aliphatic rings. The van der Waals surface area contributed by atoms with E-state index in [1.807, 2.05) is 25.1 Å². The van der Waals surface area contributed by atoms with Crippen LogP contribution in [0, 0.1) is 6.92 Å². The maximum atomic E-state index is 12.2. The lowest BCUT2D eigenvalue weighted by atomic mass is 10.1. The number of anilines is 1. The largest absolute Gasteiger partial charge is 0.478 e. The Hall–Kier alpha value is -2.12. The van der Waals surface area contributed by atoms with E-state index in [1.165, 1.54) is 0 Å². The molecule has 1 saturated heterocycles. The van der Waals surface area contributed by atoms with E-state index < -0.39 is 6.10 Å². The topological polar surface area (TPSA) is 73.9 Å². The molecule has 7 heteroatoms. The molecule has 148 valence electrons. The molecule has 2 N–H and O–H groups in total. The van der Waals surface area contributed by atoms with Crippen LogP contribution in [-0.2, 0) is 9.59 Å². The first-order chi connectivity index (χ1) is 13.0. The number of carbonyl (C=O) groups is 2. The normalized spacial score (nSPS) is 20.5. The van der Waals surface area contributed by atoms with Gasteiger partial charge < -0.3 is 25.2 Å². The Balaban J connectivity index is 1.36. The summed E-state index contributed by atoms with van der Waals surface area (Å²) in [6.07, 6.45) is 0.175. The number of aryl methyl sites for hydroxylation is 1. The van der Waals surface area contributed by atoms with Crippen LogP contribution < -0.4 is 15.4 Å². The van der Waals surface area contributed by atoms with Crippen molar-refractivity contribution in [1.29, 1.82) is 0 Å². The average molecular weight is 374 g/mol. The monoisotopic (exact) mass is 374 g/mol. The van der Waals surface area contributed by atoms with Gasteiger partial charge in [-0.15, -0.1) is 0 Å². The fraction of sp³-hybridized carbons (Fsp3) is 0.600. The third-order valence-electron chi connectivity index (χ3n) is 5.21. The van der Waals surface area contributed by atoms with Crippen LogP contribution >= 0.6 is 0 Å². The molecule has 2 aliphatic heterocycles. The zero-order valence-corrected chi connectivity index (χ0v) is 16.3. The fourth-order valence-electron chi connectivity index (χ4n) is 3.50. The van der Waals surface area contributed by atoms with Crippen LogP contribution in [0.3, 0.4) is 0 Å². The summed E-state index contributed by atoms with van der Waals surface area (Å²) in [5.74, 6) is 0.197. The van der Waals surface area contributed by atoms with Crippen LogP contribution in [0.2, 0.25) is 0 Å². The zero-order chi connectivity index (χ0) is 19.2. The van der Waals surface area contributed by atoms with E-state index in [0.29, 0.717) is 18.0 Å². The van der Waals surface area contributed by atoms with Crippen molar-refractivity contribution in [3.63, 3.8) is 0 Å². The number of benzene rings is 1. The third kappa shape index (κ3) is 5.43. The van der Waals surface area contributed by atoms with Gasteiger partial charge in [-0.3, -0.25) is 9.59 Å². The number of hydrogen-bond donors (Lipinski definition) is 2. The van der Waals surface area contributed by atoms with Gasteiger partial charge in [0.25, 0.3) is 5.91 Å². The molecular formula is C20H30N4O3. The number of ether oxygens (including phenoxy) is 1. The molecule has 1 unspecified atom stereocenters. The van der Waals surface area contributed by atoms with Crippen molar-refractivity contribution in [3.05, 3.63) is 23.8 Å². The molecule has 0 aliphatic carbocycles. The van der Waals surface area contributed by atoms with Crippen molar-refractivity contribution in [2.75, 3.05) is 51.1 Å². The summed E-state index contributed by atoms with van der Waals surface area (Å²) in [4.78, 5) is 29.2. The Morgan fingerprint density at radius 1 is 1.26 bits per heavy atom. The summed E-state index contributed by atoms with van der Waals surface area (Å²) in [7, 11) is 0. The van der Waals surface area contributed by atoms with Gasteiger partial charge in [-0.2, -0.15) is 0 Å². The lowest BCUT2D eigenvalue weighted by Crippen LogP contribution is -2.46. The highest BCUT2D eigenvalue weighted by atomic mass is 16.5. The molecule has 1 fully saturated rings. The Bertz CT molecular complexity index is 671. The molecule has 2 amide bonds. The number of hydrogen-bond acceptors (Lipinski definition) is 5. The SMILES string of the molecule is CCN1CCN(CCCNC(=O)CC2Oc3ccc(C)cc3NC2=O)CC1. The second-order valence-corrected chi connectivity index (χ2v) is 7.28. The van der Waals surface area contributed by atoms with Gasteiger partial charge in [0.05, 0.1) is 12.1 Å². The van der Waals surface area contributed by atoms with Gasteiger partial charge in [0, 0.05) is 32.7 Å². The van der Waals surface area contributed by atoms with Gasteiger partial charge >= 0.3 is 0 Å². The van der Waals surface area contributed by atoms with Crippen LogP contribution in [-0.4, -0.2) is 73.5 Å². The summed E-state index contributed by atoms with van der Waals surface area (Å²) in [6.45, 7) is 11.3. The molecule has 0 aromatic heterocycles.